The highest BCUT2D eigenvalue weighted by molar-refractivity contribution is 6.29. The van der Waals surface area contributed by atoms with Gasteiger partial charge in [0, 0.05) is 5.03 Å². The summed E-state index contributed by atoms with van der Waals surface area (Å²) in [5.74, 6) is 0. The molecule has 0 aliphatic heterocycles. The smallest absolute Gasteiger partial charge is 0.0152 e. The van der Waals surface area contributed by atoms with Crippen molar-refractivity contribution in [2.24, 2.45) is 0 Å². The lowest BCUT2D eigenvalue weighted by Gasteiger charge is -1.87. The summed E-state index contributed by atoms with van der Waals surface area (Å²) < 4.78 is 0. The van der Waals surface area contributed by atoms with E-state index in [0.717, 1.165) is 10.6 Å². The quantitative estimate of drug-likeness (QED) is 0.520. The molecule has 1 heteroatoms. The van der Waals surface area contributed by atoms with Crippen LogP contribution in [0.4, 0.5) is 0 Å². The van der Waals surface area contributed by atoms with Crippen LogP contribution in [-0.2, 0) is 0 Å². The van der Waals surface area contributed by atoms with Crippen LogP contribution in [0, 0.1) is 0 Å². The maximum absolute atomic E-state index is 5.59. The van der Waals surface area contributed by atoms with Crippen molar-refractivity contribution in [3.05, 3.63) is 35.4 Å². The first-order valence-corrected chi connectivity index (χ1v) is 3.17. The Morgan fingerprint density at radius 1 is 1.44 bits per heavy atom. The molecule has 0 saturated heterocycles. The third kappa shape index (κ3) is 5.38. The van der Waals surface area contributed by atoms with Gasteiger partial charge >= 0.3 is 0 Å². The van der Waals surface area contributed by atoms with Gasteiger partial charge in [-0.25, -0.2) is 0 Å². The Morgan fingerprint density at radius 2 is 2.00 bits per heavy atom. The van der Waals surface area contributed by atoms with Gasteiger partial charge in [-0.05, 0) is 19.9 Å². The molecule has 0 aromatic carbocycles. The van der Waals surface area contributed by atoms with Gasteiger partial charge in [0.1, 0.15) is 0 Å². The van der Waals surface area contributed by atoms with E-state index in [1.165, 1.54) is 0 Å². The number of allylic oxidation sites excluding steroid dienone is 5. The lowest BCUT2D eigenvalue weighted by Crippen LogP contribution is -1.66. The molecule has 0 nitrogen and oxygen atoms in total. The molecule has 0 bridgehead atoms. The Kier molecular flexibility index (Phi) is 4.16. The predicted molar refractivity (Wildman–Crippen MR) is 43.6 cm³/mol. The average Bonchev–Trinajstić information content (AvgIpc) is 1.63. The van der Waals surface area contributed by atoms with Crippen LogP contribution in [-0.4, -0.2) is 0 Å². The van der Waals surface area contributed by atoms with Crippen molar-refractivity contribution in [1.29, 1.82) is 0 Å². The maximum Gasteiger partial charge on any atom is 0.0152 e. The number of rotatable bonds is 2. The van der Waals surface area contributed by atoms with Crippen molar-refractivity contribution in [1.82, 2.24) is 0 Å². The molecule has 0 amide bonds. The van der Waals surface area contributed by atoms with Gasteiger partial charge in [0.2, 0.25) is 0 Å². The van der Waals surface area contributed by atoms with E-state index >= 15 is 0 Å². The van der Waals surface area contributed by atoms with E-state index in [4.69, 9.17) is 11.6 Å². The van der Waals surface area contributed by atoms with Crippen molar-refractivity contribution in [3.63, 3.8) is 0 Å². The second-order valence-corrected chi connectivity index (χ2v) is 2.47. The second-order valence-electron chi connectivity index (χ2n) is 1.88. The molecule has 0 saturated carbocycles. The summed E-state index contributed by atoms with van der Waals surface area (Å²) in [6, 6.07) is 0. The Hall–Kier alpha value is -0.490. The van der Waals surface area contributed by atoms with E-state index in [2.05, 4.69) is 6.58 Å². The van der Waals surface area contributed by atoms with Gasteiger partial charge in [-0.15, -0.1) is 0 Å². The fourth-order valence-electron chi connectivity index (χ4n) is 0.548. The average molecular weight is 143 g/mol. The van der Waals surface area contributed by atoms with Crippen molar-refractivity contribution in [2.75, 3.05) is 0 Å². The van der Waals surface area contributed by atoms with Crippen LogP contribution in [0.15, 0.2) is 35.4 Å². The van der Waals surface area contributed by atoms with Gasteiger partial charge in [0.15, 0.2) is 0 Å². The minimum absolute atomic E-state index is 0.797. The number of halogens is 1. The first-order chi connectivity index (χ1) is 4.16. The minimum atomic E-state index is 0.797. The Labute approximate surface area is 61.5 Å². The zero-order valence-corrected chi connectivity index (χ0v) is 6.57. The van der Waals surface area contributed by atoms with Gasteiger partial charge in [-0.3, -0.25) is 0 Å². The molecule has 0 radical (unpaired) electrons. The Morgan fingerprint density at radius 3 is 2.33 bits per heavy atom. The van der Waals surface area contributed by atoms with Crippen LogP contribution < -0.4 is 0 Å². The number of hydrogen-bond acceptors (Lipinski definition) is 0. The molecule has 0 aliphatic rings. The lowest BCUT2D eigenvalue weighted by molar-refractivity contribution is 1.49. The van der Waals surface area contributed by atoms with Gasteiger partial charge in [-0.2, -0.15) is 0 Å². The normalized spacial score (nSPS) is 13.7. The zero-order chi connectivity index (χ0) is 7.28. The van der Waals surface area contributed by atoms with E-state index < -0.39 is 0 Å². The highest BCUT2D eigenvalue weighted by Crippen LogP contribution is 2.04. The van der Waals surface area contributed by atoms with Crippen molar-refractivity contribution < 1.29 is 0 Å². The molecule has 0 aliphatic carbocycles. The van der Waals surface area contributed by atoms with Crippen LogP contribution in [0.2, 0.25) is 0 Å². The molecule has 0 aromatic rings. The zero-order valence-electron chi connectivity index (χ0n) is 5.82. The fraction of sp³-hybridized carbons (Fsp3) is 0.250. The molecule has 0 N–H and O–H groups in total. The molecule has 0 heterocycles. The summed E-state index contributed by atoms with van der Waals surface area (Å²) >= 11 is 5.59. The molecule has 0 aromatic heterocycles. The van der Waals surface area contributed by atoms with Gasteiger partial charge in [0.25, 0.3) is 0 Å². The van der Waals surface area contributed by atoms with Gasteiger partial charge in [0.05, 0.1) is 0 Å². The minimum Gasteiger partial charge on any atom is -0.0991 e. The fourth-order valence-corrected chi connectivity index (χ4v) is 0.720. The summed E-state index contributed by atoms with van der Waals surface area (Å²) in [4.78, 5) is 0. The van der Waals surface area contributed by atoms with Crippen molar-refractivity contribution in [2.45, 2.75) is 13.8 Å². The topological polar surface area (TPSA) is 0 Å². The van der Waals surface area contributed by atoms with Gasteiger partial charge < -0.3 is 0 Å². The first-order valence-electron chi connectivity index (χ1n) is 2.80. The van der Waals surface area contributed by atoms with Crippen molar-refractivity contribution >= 4 is 11.6 Å². The SMILES string of the molecule is C=C/C=C(C)\C=C(/C)Cl. The van der Waals surface area contributed by atoms with Gasteiger partial charge in [-0.1, -0.05) is 35.9 Å². The van der Waals surface area contributed by atoms with E-state index in [1.54, 1.807) is 6.08 Å². The standard InChI is InChI=1S/C8H11Cl/c1-4-5-7(2)6-8(3)9/h4-6H,1H2,2-3H3/b7-5-,8-6+. The first kappa shape index (κ1) is 8.51. The molecule has 0 atom stereocenters. The lowest BCUT2D eigenvalue weighted by atomic mass is 10.2. The second kappa shape index (κ2) is 4.39. The molecular formula is C8H11Cl. The van der Waals surface area contributed by atoms with E-state index in [9.17, 15) is 0 Å². The third-order valence-corrected chi connectivity index (χ3v) is 0.916. The molecule has 0 fully saturated rings. The summed E-state index contributed by atoms with van der Waals surface area (Å²) in [6.45, 7) is 7.39. The van der Waals surface area contributed by atoms with E-state index in [1.807, 2.05) is 26.0 Å². The molecule has 0 unspecified atom stereocenters. The summed E-state index contributed by atoms with van der Waals surface area (Å²) in [6.07, 6.45) is 5.54. The Bertz CT molecular complexity index is 148. The highest BCUT2D eigenvalue weighted by atomic mass is 35.5. The highest BCUT2D eigenvalue weighted by Gasteiger charge is 1.80. The predicted octanol–water partition coefficient (Wildman–Crippen LogP) is 3.26. The van der Waals surface area contributed by atoms with Crippen LogP contribution in [0.5, 0.6) is 0 Å². The van der Waals surface area contributed by atoms with Crippen LogP contribution in [0.25, 0.3) is 0 Å². The molecule has 9 heavy (non-hydrogen) atoms. The Balaban J connectivity index is 4.05. The van der Waals surface area contributed by atoms with Crippen molar-refractivity contribution in [3.8, 4) is 0 Å². The van der Waals surface area contributed by atoms with E-state index in [0.29, 0.717) is 0 Å². The molecule has 50 valence electrons. The summed E-state index contributed by atoms with van der Waals surface area (Å²) in [5.41, 5.74) is 1.12. The molecule has 0 spiro atoms. The maximum atomic E-state index is 5.59. The van der Waals surface area contributed by atoms with Crippen LogP contribution >= 0.6 is 11.6 Å². The number of hydrogen-bond donors (Lipinski definition) is 0. The third-order valence-electron chi connectivity index (χ3n) is 0.807. The summed E-state index contributed by atoms with van der Waals surface area (Å²) in [7, 11) is 0. The monoisotopic (exact) mass is 142 g/mol. The largest absolute Gasteiger partial charge is 0.0991 e. The van der Waals surface area contributed by atoms with Crippen LogP contribution in [0.1, 0.15) is 13.8 Å². The van der Waals surface area contributed by atoms with Crippen LogP contribution in [0.3, 0.4) is 0 Å². The molecule has 0 rings (SSSR count). The molecular weight excluding hydrogens is 132 g/mol. The summed E-state index contributed by atoms with van der Waals surface area (Å²) in [5, 5.41) is 0.797. The van der Waals surface area contributed by atoms with E-state index in [-0.39, 0.29) is 0 Å².